The molecule has 3 rings (SSSR count). The summed E-state index contributed by atoms with van der Waals surface area (Å²) in [7, 11) is 1.63. The van der Waals surface area contributed by atoms with Crippen LogP contribution in [0.2, 0.25) is 0 Å². The van der Waals surface area contributed by atoms with Gasteiger partial charge in [0.15, 0.2) is 0 Å². The fraction of sp³-hybridized carbons (Fsp3) is 0.562. The van der Waals surface area contributed by atoms with Crippen molar-refractivity contribution in [3.8, 4) is 5.88 Å². The van der Waals surface area contributed by atoms with Crippen molar-refractivity contribution >= 4 is 23.2 Å². The molecular weight excluding hydrogens is 296 g/mol. The van der Waals surface area contributed by atoms with Crippen LogP contribution in [0.25, 0.3) is 0 Å². The summed E-state index contributed by atoms with van der Waals surface area (Å²) in [4.78, 5) is 14.7. The van der Waals surface area contributed by atoms with Crippen molar-refractivity contribution in [2.75, 3.05) is 12.4 Å². The number of aliphatic imine (C=N–C) groups is 1. The van der Waals surface area contributed by atoms with E-state index in [2.05, 4.69) is 43.0 Å². The van der Waals surface area contributed by atoms with Gasteiger partial charge in [-0.3, -0.25) is 4.99 Å². The first kappa shape index (κ1) is 15.3. The number of nitrogens with one attached hydrogen (secondary N) is 1. The molecule has 118 valence electrons. The third-order valence-corrected chi connectivity index (χ3v) is 4.89. The average Bonchev–Trinajstić information content (AvgIpc) is 2.43. The molecule has 0 bridgehead atoms. The predicted molar refractivity (Wildman–Crippen MR) is 90.7 cm³/mol. The maximum absolute atomic E-state index is 5.36. The minimum atomic E-state index is 0.195. The minimum Gasteiger partial charge on any atom is -0.479 e. The molecule has 2 heterocycles. The van der Waals surface area contributed by atoms with Crippen LogP contribution in [0.1, 0.15) is 40.5 Å². The first-order valence-corrected chi connectivity index (χ1v) is 8.35. The number of nitrogens with zero attached hydrogens (tertiary/aromatic N) is 3. The molecule has 0 spiro atoms. The number of rotatable bonds is 2. The predicted octanol–water partition coefficient (Wildman–Crippen LogP) is 3.88. The molecule has 0 saturated carbocycles. The SMILES string of the molecule is COc1ncnc2c1NC1=C(S2)C(=NC(C)C)CC(C)(C)C1. The second kappa shape index (κ2) is 5.57. The first-order chi connectivity index (χ1) is 10.4. The van der Waals surface area contributed by atoms with Gasteiger partial charge in [-0.1, -0.05) is 25.6 Å². The third kappa shape index (κ3) is 2.84. The quantitative estimate of drug-likeness (QED) is 0.838. The van der Waals surface area contributed by atoms with Crippen LogP contribution in [0.15, 0.2) is 26.9 Å². The smallest absolute Gasteiger partial charge is 0.241 e. The molecule has 1 aromatic rings. The van der Waals surface area contributed by atoms with Gasteiger partial charge < -0.3 is 10.1 Å². The van der Waals surface area contributed by atoms with Crippen LogP contribution in [0.3, 0.4) is 0 Å². The zero-order valence-electron chi connectivity index (χ0n) is 13.7. The Balaban J connectivity index is 2.06. The largest absolute Gasteiger partial charge is 0.479 e. The van der Waals surface area contributed by atoms with Crippen LogP contribution < -0.4 is 10.1 Å². The molecule has 1 aliphatic heterocycles. The highest BCUT2D eigenvalue weighted by atomic mass is 32.2. The lowest BCUT2D eigenvalue weighted by Gasteiger charge is -2.37. The van der Waals surface area contributed by atoms with Gasteiger partial charge in [-0.15, -0.1) is 0 Å². The highest BCUT2D eigenvalue weighted by molar-refractivity contribution is 8.04. The first-order valence-electron chi connectivity index (χ1n) is 7.53. The molecule has 0 atom stereocenters. The second-order valence-corrected chi connectivity index (χ2v) is 7.78. The fourth-order valence-corrected chi connectivity index (χ4v) is 3.93. The normalized spacial score (nSPS) is 21.5. The Morgan fingerprint density at radius 1 is 1.32 bits per heavy atom. The Labute approximate surface area is 135 Å². The van der Waals surface area contributed by atoms with Crippen LogP contribution in [0.5, 0.6) is 5.88 Å². The lowest BCUT2D eigenvalue weighted by Crippen LogP contribution is -2.30. The zero-order chi connectivity index (χ0) is 15.9. The van der Waals surface area contributed by atoms with Crippen LogP contribution in [-0.2, 0) is 0 Å². The molecule has 1 aliphatic carbocycles. The molecule has 0 saturated heterocycles. The summed E-state index contributed by atoms with van der Waals surface area (Å²) in [5, 5.41) is 4.41. The van der Waals surface area contributed by atoms with Crippen molar-refractivity contribution in [1.82, 2.24) is 9.97 Å². The zero-order valence-corrected chi connectivity index (χ0v) is 14.5. The summed E-state index contributed by atoms with van der Waals surface area (Å²) in [6.07, 6.45) is 3.53. The van der Waals surface area contributed by atoms with Crippen LogP contribution in [0.4, 0.5) is 5.69 Å². The third-order valence-electron chi connectivity index (χ3n) is 3.70. The van der Waals surface area contributed by atoms with Gasteiger partial charge in [-0.2, -0.15) is 4.98 Å². The molecule has 0 amide bonds. The summed E-state index contributed by atoms with van der Waals surface area (Å²) in [5.41, 5.74) is 3.46. The lowest BCUT2D eigenvalue weighted by molar-refractivity contribution is 0.371. The van der Waals surface area contributed by atoms with E-state index in [0.717, 1.165) is 23.6 Å². The van der Waals surface area contributed by atoms with Gasteiger partial charge in [0, 0.05) is 11.7 Å². The number of ether oxygens (including phenoxy) is 1. The summed E-state index contributed by atoms with van der Waals surface area (Å²) < 4.78 is 5.36. The van der Waals surface area contributed by atoms with E-state index in [1.165, 1.54) is 16.3 Å². The van der Waals surface area contributed by atoms with E-state index in [0.29, 0.717) is 11.9 Å². The molecule has 2 aliphatic rings. The number of fused-ring (bicyclic) bond motifs is 1. The van der Waals surface area contributed by atoms with Crippen molar-refractivity contribution in [3.05, 3.63) is 16.9 Å². The number of hydrogen-bond acceptors (Lipinski definition) is 6. The summed E-state index contributed by atoms with van der Waals surface area (Å²) in [5.74, 6) is 0.592. The van der Waals surface area contributed by atoms with Gasteiger partial charge >= 0.3 is 0 Å². The van der Waals surface area contributed by atoms with Crippen LogP contribution >= 0.6 is 11.8 Å². The van der Waals surface area contributed by atoms with Crippen LogP contribution in [-0.4, -0.2) is 28.8 Å². The van der Waals surface area contributed by atoms with E-state index in [-0.39, 0.29) is 5.41 Å². The number of hydrogen-bond donors (Lipinski definition) is 1. The second-order valence-electron chi connectivity index (χ2n) is 6.79. The molecule has 5 nitrogen and oxygen atoms in total. The number of allylic oxidation sites excluding steroid dienone is 2. The fourth-order valence-electron chi connectivity index (χ4n) is 2.91. The highest BCUT2D eigenvalue weighted by Crippen LogP contribution is 2.49. The molecule has 1 N–H and O–H groups in total. The average molecular weight is 318 g/mol. The van der Waals surface area contributed by atoms with Crippen molar-refractivity contribution in [1.29, 1.82) is 0 Å². The molecule has 22 heavy (non-hydrogen) atoms. The summed E-state index contributed by atoms with van der Waals surface area (Å²) >= 11 is 1.68. The number of methoxy groups -OCH3 is 1. The van der Waals surface area contributed by atoms with Crippen molar-refractivity contribution in [3.63, 3.8) is 0 Å². The minimum absolute atomic E-state index is 0.195. The standard InChI is InChI=1S/C16H22N4OS/c1-9(2)19-10-6-16(3,4)7-11-13(10)22-15-12(20-11)14(21-5)17-8-18-15/h8-9,20H,6-7H2,1-5H3. The number of aromatic nitrogens is 2. The maximum Gasteiger partial charge on any atom is 0.241 e. The number of anilines is 1. The topological polar surface area (TPSA) is 59.4 Å². The Morgan fingerprint density at radius 3 is 2.77 bits per heavy atom. The van der Waals surface area contributed by atoms with Gasteiger partial charge in [-0.25, -0.2) is 4.98 Å². The summed E-state index contributed by atoms with van der Waals surface area (Å²) in [6, 6.07) is 0.291. The van der Waals surface area contributed by atoms with E-state index in [1.54, 1.807) is 25.2 Å². The molecule has 1 aromatic heterocycles. The number of thioether (sulfide) groups is 1. The van der Waals surface area contributed by atoms with Gasteiger partial charge in [0.1, 0.15) is 17.0 Å². The van der Waals surface area contributed by atoms with Gasteiger partial charge in [-0.05, 0) is 32.1 Å². The Bertz CT molecular complexity index is 664. The highest BCUT2D eigenvalue weighted by Gasteiger charge is 2.36. The van der Waals surface area contributed by atoms with Gasteiger partial charge in [0.05, 0.1) is 17.7 Å². The van der Waals surface area contributed by atoms with Gasteiger partial charge in [0.2, 0.25) is 5.88 Å². The van der Waals surface area contributed by atoms with E-state index in [4.69, 9.17) is 9.73 Å². The van der Waals surface area contributed by atoms with E-state index in [1.807, 2.05) is 0 Å². The molecule has 0 fully saturated rings. The van der Waals surface area contributed by atoms with Crippen molar-refractivity contribution in [2.45, 2.75) is 51.6 Å². The maximum atomic E-state index is 5.36. The Hall–Kier alpha value is -1.56. The molecular formula is C16H22N4OS. The Kier molecular flexibility index (Phi) is 3.89. The van der Waals surface area contributed by atoms with Crippen molar-refractivity contribution in [2.24, 2.45) is 10.4 Å². The van der Waals surface area contributed by atoms with E-state index < -0.39 is 0 Å². The van der Waals surface area contributed by atoms with Gasteiger partial charge in [0.25, 0.3) is 0 Å². The molecule has 0 unspecified atom stereocenters. The van der Waals surface area contributed by atoms with Crippen LogP contribution in [0, 0.1) is 5.41 Å². The molecule has 6 heteroatoms. The lowest BCUT2D eigenvalue weighted by atomic mass is 9.78. The van der Waals surface area contributed by atoms with E-state index >= 15 is 0 Å². The van der Waals surface area contributed by atoms with E-state index in [9.17, 15) is 0 Å². The Morgan fingerprint density at radius 2 is 2.09 bits per heavy atom. The van der Waals surface area contributed by atoms with Crippen molar-refractivity contribution < 1.29 is 4.74 Å². The summed E-state index contributed by atoms with van der Waals surface area (Å²) in [6.45, 7) is 8.81. The molecule has 0 aromatic carbocycles. The monoisotopic (exact) mass is 318 g/mol. The molecule has 0 radical (unpaired) electrons.